The van der Waals surface area contributed by atoms with E-state index in [2.05, 4.69) is 34.2 Å². The van der Waals surface area contributed by atoms with Crippen molar-refractivity contribution in [2.24, 2.45) is 5.41 Å². The molecule has 0 aliphatic carbocycles. The number of nitrogens with zero attached hydrogens (tertiary/aromatic N) is 2. The molecule has 2 saturated heterocycles. The lowest BCUT2D eigenvalue weighted by Gasteiger charge is -2.24. The van der Waals surface area contributed by atoms with Crippen molar-refractivity contribution < 1.29 is 4.79 Å². The summed E-state index contributed by atoms with van der Waals surface area (Å²) in [5, 5.41) is 2.92. The van der Waals surface area contributed by atoms with Crippen molar-refractivity contribution in [1.82, 2.24) is 9.80 Å². The van der Waals surface area contributed by atoms with Crippen molar-refractivity contribution >= 4 is 35.4 Å². The van der Waals surface area contributed by atoms with E-state index in [1.807, 2.05) is 12.1 Å². The Kier molecular flexibility index (Phi) is 7.46. The van der Waals surface area contributed by atoms with Gasteiger partial charge in [-0.3, -0.25) is 4.79 Å². The number of likely N-dealkylation sites (tertiary alicyclic amines) is 2. The van der Waals surface area contributed by atoms with Gasteiger partial charge in [0.05, 0.1) is 11.4 Å². The Bertz CT molecular complexity index is 903. The zero-order valence-electron chi connectivity index (χ0n) is 18.3. The van der Waals surface area contributed by atoms with Gasteiger partial charge in [0.25, 0.3) is 5.91 Å². The van der Waals surface area contributed by atoms with Gasteiger partial charge in [-0.15, -0.1) is 12.4 Å². The summed E-state index contributed by atoms with van der Waals surface area (Å²) in [6.07, 6.45) is 3.73. The molecule has 5 N–H and O–H groups in total. The lowest BCUT2D eigenvalue weighted by molar-refractivity contribution is 0.102. The van der Waals surface area contributed by atoms with Gasteiger partial charge < -0.3 is 26.6 Å². The molecule has 1 amide bonds. The number of hydrogen-bond acceptors (Lipinski definition) is 5. The number of nitrogen functional groups attached to an aromatic ring is 2. The lowest BCUT2D eigenvalue weighted by Crippen LogP contribution is -2.31. The van der Waals surface area contributed by atoms with E-state index in [-0.39, 0.29) is 18.3 Å². The van der Waals surface area contributed by atoms with Crippen molar-refractivity contribution in [3.63, 3.8) is 0 Å². The van der Waals surface area contributed by atoms with Gasteiger partial charge in [-0.1, -0.05) is 19.1 Å². The molecule has 0 saturated carbocycles. The Labute approximate surface area is 191 Å². The zero-order chi connectivity index (χ0) is 21.1. The molecular weight excluding hydrogens is 410 g/mol. The minimum absolute atomic E-state index is 0. The van der Waals surface area contributed by atoms with Crippen molar-refractivity contribution in [3.05, 3.63) is 53.6 Å². The van der Waals surface area contributed by atoms with Crippen molar-refractivity contribution in [3.8, 4) is 0 Å². The molecular formula is C24H34ClN5O. The molecule has 2 aliphatic rings. The summed E-state index contributed by atoms with van der Waals surface area (Å²) in [6, 6.07) is 13.1. The second kappa shape index (κ2) is 9.90. The number of carbonyl (C=O) groups is 1. The molecule has 2 fully saturated rings. The Morgan fingerprint density at radius 2 is 1.68 bits per heavy atom. The third-order valence-electron chi connectivity index (χ3n) is 6.76. The number of rotatable bonds is 6. The predicted molar refractivity (Wildman–Crippen MR) is 131 cm³/mol. The highest BCUT2D eigenvalue weighted by molar-refractivity contribution is 6.05. The summed E-state index contributed by atoms with van der Waals surface area (Å²) >= 11 is 0. The highest BCUT2D eigenvalue weighted by Crippen LogP contribution is 2.39. The molecule has 0 aromatic heterocycles. The van der Waals surface area contributed by atoms with Crippen LogP contribution in [0.3, 0.4) is 0 Å². The van der Waals surface area contributed by atoms with Crippen LogP contribution in [0.5, 0.6) is 0 Å². The van der Waals surface area contributed by atoms with Crippen molar-refractivity contribution in [2.45, 2.75) is 26.2 Å². The average Bonchev–Trinajstić information content (AvgIpc) is 3.35. The fraction of sp³-hybridized carbons (Fsp3) is 0.458. The minimum atomic E-state index is -0.186. The largest absolute Gasteiger partial charge is 0.397 e. The molecule has 2 aliphatic heterocycles. The fourth-order valence-electron chi connectivity index (χ4n) is 4.81. The SMILES string of the molecule is CCN1CCC2(CCN(CCc3ccc(NC(=O)c4ccc(N)c(N)c4)cc3)C2)C1.Cl. The van der Waals surface area contributed by atoms with E-state index in [4.69, 9.17) is 11.5 Å². The summed E-state index contributed by atoms with van der Waals surface area (Å²) in [4.78, 5) is 17.6. The summed E-state index contributed by atoms with van der Waals surface area (Å²) in [5.74, 6) is -0.186. The number of nitrogens with one attached hydrogen (secondary N) is 1. The normalized spacial score (nSPS) is 21.3. The molecule has 2 aromatic carbocycles. The van der Waals surface area contributed by atoms with Gasteiger partial charge in [0, 0.05) is 30.9 Å². The molecule has 1 spiro atoms. The van der Waals surface area contributed by atoms with Crippen molar-refractivity contribution in [2.75, 3.05) is 56.1 Å². The van der Waals surface area contributed by atoms with Crippen molar-refractivity contribution in [1.29, 1.82) is 0 Å². The van der Waals surface area contributed by atoms with E-state index in [9.17, 15) is 4.79 Å². The average molecular weight is 444 g/mol. The number of benzene rings is 2. The second-order valence-electron chi connectivity index (χ2n) is 8.89. The molecule has 31 heavy (non-hydrogen) atoms. The summed E-state index contributed by atoms with van der Waals surface area (Å²) < 4.78 is 0. The zero-order valence-corrected chi connectivity index (χ0v) is 19.1. The number of nitrogens with two attached hydrogens (primary N) is 2. The molecule has 1 unspecified atom stereocenters. The van der Waals surface area contributed by atoms with Gasteiger partial charge >= 0.3 is 0 Å². The van der Waals surface area contributed by atoms with E-state index in [0.717, 1.165) is 18.7 Å². The quantitative estimate of drug-likeness (QED) is 0.595. The van der Waals surface area contributed by atoms with Crippen LogP contribution in [-0.4, -0.2) is 55.0 Å². The molecule has 2 heterocycles. The highest BCUT2D eigenvalue weighted by atomic mass is 35.5. The lowest BCUT2D eigenvalue weighted by atomic mass is 9.86. The second-order valence-corrected chi connectivity index (χ2v) is 8.89. The van der Waals surface area contributed by atoms with E-state index < -0.39 is 0 Å². The topological polar surface area (TPSA) is 87.6 Å². The van der Waals surface area contributed by atoms with Gasteiger partial charge in [0.1, 0.15) is 0 Å². The van der Waals surface area contributed by atoms with E-state index in [1.54, 1.807) is 18.2 Å². The van der Waals surface area contributed by atoms with E-state index in [0.29, 0.717) is 22.4 Å². The number of anilines is 3. The first-order chi connectivity index (χ1) is 14.5. The molecule has 7 heteroatoms. The molecule has 168 valence electrons. The Balaban J connectivity index is 0.00000272. The minimum Gasteiger partial charge on any atom is -0.397 e. The number of halogens is 1. The van der Waals surface area contributed by atoms with Gasteiger partial charge in [0.2, 0.25) is 0 Å². The Morgan fingerprint density at radius 3 is 2.32 bits per heavy atom. The molecule has 2 aromatic rings. The van der Waals surface area contributed by atoms with Crippen LogP contribution in [0, 0.1) is 5.41 Å². The van der Waals surface area contributed by atoms with Crippen LogP contribution in [0.1, 0.15) is 35.7 Å². The van der Waals surface area contributed by atoms with Crippen LogP contribution in [0.2, 0.25) is 0 Å². The summed E-state index contributed by atoms with van der Waals surface area (Å²) in [7, 11) is 0. The van der Waals surface area contributed by atoms with Gasteiger partial charge in [-0.2, -0.15) is 0 Å². The summed E-state index contributed by atoms with van der Waals surface area (Å²) in [5.41, 5.74) is 15.5. The Morgan fingerprint density at radius 1 is 1.00 bits per heavy atom. The third kappa shape index (κ3) is 5.50. The predicted octanol–water partition coefficient (Wildman–Crippen LogP) is 3.49. The maximum atomic E-state index is 12.4. The van der Waals surface area contributed by atoms with Crippen LogP contribution in [0.25, 0.3) is 0 Å². The van der Waals surface area contributed by atoms with Crippen LogP contribution >= 0.6 is 12.4 Å². The van der Waals surface area contributed by atoms with Crippen LogP contribution in [0.15, 0.2) is 42.5 Å². The first kappa shape index (κ1) is 23.4. The van der Waals surface area contributed by atoms with E-state index >= 15 is 0 Å². The van der Waals surface area contributed by atoms with Crippen LogP contribution in [0.4, 0.5) is 17.1 Å². The first-order valence-electron chi connectivity index (χ1n) is 11.0. The summed E-state index contributed by atoms with van der Waals surface area (Å²) in [6.45, 7) is 9.54. The number of carbonyl (C=O) groups excluding carboxylic acids is 1. The first-order valence-corrected chi connectivity index (χ1v) is 11.0. The smallest absolute Gasteiger partial charge is 0.255 e. The standard InChI is InChI=1S/C24H33N5O.ClH/c1-2-28-13-10-24(16-28)11-14-29(17-24)12-9-18-3-6-20(7-4-18)27-23(30)19-5-8-21(25)22(26)15-19;/h3-8,15H,2,9-14,16-17,25-26H2,1H3,(H,27,30);1H. The molecule has 0 bridgehead atoms. The van der Waals surface area contributed by atoms with Crippen LogP contribution < -0.4 is 16.8 Å². The molecule has 4 rings (SSSR count). The third-order valence-corrected chi connectivity index (χ3v) is 6.76. The number of amides is 1. The maximum Gasteiger partial charge on any atom is 0.255 e. The monoisotopic (exact) mass is 443 g/mol. The van der Waals surface area contributed by atoms with Gasteiger partial charge in [-0.05, 0) is 80.2 Å². The van der Waals surface area contributed by atoms with Crippen LogP contribution in [-0.2, 0) is 6.42 Å². The van der Waals surface area contributed by atoms with Gasteiger partial charge in [-0.25, -0.2) is 0 Å². The molecule has 6 nitrogen and oxygen atoms in total. The van der Waals surface area contributed by atoms with Gasteiger partial charge in [0.15, 0.2) is 0 Å². The highest BCUT2D eigenvalue weighted by Gasteiger charge is 2.42. The maximum absolute atomic E-state index is 12.4. The molecule has 1 atom stereocenters. The number of hydrogen-bond donors (Lipinski definition) is 3. The fourth-order valence-corrected chi connectivity index (χ4v) is 4.81. The Hall–Kier alpha value is -2.28. The van der Waals surface area contributed by atoms with E-state index in [1.165, 1.54) is 51.1 Å². The molecule has 0 radical (unpaired) electrons.